The fourth-order valence-corrected chi connectivity index (χ4v) is 6.18. The van der Waals surface area contributed by atoms with Crippen molar-refractivity contribution in [3.8, 4) is 22.6 Å². The largest absolute Gasteiger partial charge is 0.497 e. The Hall–Kier alpha value is -3.41. The lowest BCUT2D eigenvalue weighted by atomic mass is 10.0. The summed E-state index contributed by atoms with van der Waals surface area (Å²) in [5, 5.41) is 6.97. The molecule has 0 saturated carbocycles. The van der Waals surface area contributed by atoms with Crippen LogP contribution in [0.1, 0.15) is 11.5 Å². The van der Waals surface area contributed by atoms with Crippen LogP contribution in [0, 0.1) is 13.8 Å². The maximum atomic E-state index is 13.3. The van der Waals surface area contributed by atoms with Crippen molar-refractivity contribution in [2.75, 3.05) is 45.2 Å². The minimum atomic E-state index is -3.70. The number of methoxy groups -OCH3 is 1. The molecule has 0 spiro atoms. The van der Waals surface area contributed by atoms with Gasteiger partial charge in [0.15, 0.2) is 0 Å². The number of hydrogen-bond donors (Lipinski definition) is 1. The molecule has 1 saturated heterocycles. The predicted octanol–water partition coefficient (Wildman–Crippen LogP) is 2.67. The predicted molar refractivity (Wildman–Crippen MR) is 133 cm³/mol. The van der Waals surface area contributed by atoms with Gasteiger partial charge < -0.3 is 19.3 Å². The lowest BCUT2D eigenvalue weighted by molar-refractivity contribution is -0.118. The number of benzene rings is 2. The molecule has 10 nitrogen and oxygen atoms in total. The molecule has 190 valence electrons. The average Bonchev–Trinajstić information content (AvgIpc) is 3.23. The van der Waals surface area contributed by atoms with Gasteiger partial charge in [-0.2, -0.15) is 4.31 Å². The van der Waals surface area contributed by atoms with Gasteiger partial charge in [-0.15, -0.1) is 0 Å². The number of carbonyl (C=O) groups excluding carboxylic acids is 1. The Kier molecular flexibility index (Phi) is 6.45. The molecule has 3 aromatic rings. The number of sulfonamides is 1. The highest BCUT2D eigenvalue weighted by Gasteiger charge is 2.36. The summed E-state index contributed by atoms with van der Waals surface area (Å²) in [6, 6.07) is 11.6. The van der Waals surface area contributed by atoms with Gasteiger partial charge in [0.2, 0.25) is 15.9 Å². The highest BCUT2D eigenvalue weighted by molar-refractivity contribution is 7.89. The lowest BCUT2D eigenvalue weighted by Gasteiger charge is -2.39. The van der Waals surface area contributed by atoms with Crippen molar-refractivity contribution in [2.24, 2.45) is 0 Å². The Morgan fingerprint density at radius 3 is 2.58 bits per heavy atom. The fraction of sp³-hybridized carbons (Fsp3) is 0.360. The maximum Gasteiger partial charge on any atom is 0.243 e. The first-order chi connectivity index (χ1) is 17.3. The van der Waals surface area contributed by atoms with Crippen LogP contribution in [0.2, 0.25) is 0 Å². The quantitative estimate of drug-likeness (QED) is 0.568. The zero-order chi connectivity index (χ0) is 25.4. The van der Waals surface area contributed by atoms with Crippen molar-refractivity contribution >= 4 is 21.6 Å². The molecule has 2 aromatic carbocycles. The second kappa shape index (κ2) is 9.57. The SMILES string of the molecule is COc1ccc(S(=O)(=O)N2CCN3CC(=O)Nc4cc(-c5c(C)noc5C)ccc4OC[C@H]3C2)cc1. The van der Waals surface area contributed by atoms with Crippen molar-refractivity contribution in [1.82, 2.24) is 14.4 Å². The van der Waals surface area contributed by atoms with Gasteiger partial charge in [0.1, 0.15) is 23.9 Å². The second-order valence-electron chi connectivity index (χ2n) is 8.93. The summed E-state index contributed by atoms with van der Waals surface area (Å²) in [6.45, 7) is 5.00. The van der Waals surface area contributed by atoms with Crippen molar-refractivity contribution in [3.05, 3.63) is 53.9 Å². The molecular weight excluding hydrogens is 484 g/mol. The van der Waals surface area contributed by atoms with Gasteiger partial charge in [-0.1, -0.05) is 11.2 Å². The fourth-order valence-electron chi connectivity index (χ4n) is 4.71. The Bertz CT molecular complexity index is 1370. The summed E-state index contributed by atoms with van der Waals surface area (Å²) < 4.78 is 44.6. The number of nitrogens with zero attached hydrogens (tertiary/aromatic N) is 3. The van der Waals surface area contributed by atoms with Gasteiger partial charge in [0, 0.05) is 25.2 Å². The monoisotopic (exact) mass is 512 g/mol. The van der Waals surface area contributed by atoms with Crippen LogP contribution in [-0.4, -0.2) is 74.6 Å². The Morgan fingerprint density at radius 1 is 1.11 bits per heavy atom. The van der Waals surface area contributed by atoms with Crippen LogP contribution >= 0.6 is 0 Å². The van der Waals surface area contributed by atoms with Crippen LogP contribution in [-0.2, 0) is 14.8 Å². The van der Waals surface area contributed by atoms with E-state index in [4.69, 9.17) is 14.0 Å². The van der Waals surface area contributed by atoms with E-state index >= 15 is 0 Å². The van der Waals surface area contributed by atoms with Gasteiger partial charge in [-0.25, -0.2) is 8.42 Å². The van der Waals surface area contributed by atoms with Crippen LogP contribution in [0.4, 0.5) is 5.69 Å². The summed E-state index contributed by atoms with van der Waals surface area (Å²) in [5.74, 6) is 1.62. The van der Waals surface area contributed by atoms with Crippen molar-refractivity contribution < 1.29 is 27.2 Å². The molecule has 2 aliphatic heterocycles. The van der Waals surface area contributed by atoms with E-state index in [-0.39, 0.29) is 43.1 Å². The molecule has 3 heterocycles. The second-order valence-corrected chi connectivity index (χ2v) is 10.9. The molecule has 11 heteroatoms. The first kappa shape index (κ1) is 24.3. The van der Waals surface area contributed by atoms with Crippen molar-refractivity contribution in [3.63, 3.8) is 0 Å². The van der Waals surface area contributed by atoms with E-state index in [2.05, 4.69) is 10.5 Å². The number of amides is 1. The third kappa shape index (κ3) is 4.57. The zero-order valence-electron chi connectivity index (χ0n) is 20.4. The highest BCUT2D eigenvalue weighted by atomic mass is 32.2. The molecule has 1 fully saturated rings. The van der Waals surface area contributed by atoms with E-state index in [0.29, 0.717) is 29.5 Å². The Balaban J connectivity index is 1.38. The summed E-state index contributed by atoms with van der Waals surface area (Å²) >= 11 is 0. The lowest BCUT2D eigenvalue weighted by Crippen LogP contribution is -2.57. The number of carbonyl (C=O) groups is 1. The number of ether oxygens (including phenoxy) is 2. The topological polar surface area (TPSA) is 114 Å². The highest BCUT2D eigenvalue weighted by Crippen LogP contribution is 2.35. The molecule has 36 heavy (non-hydrogen) atoms. The van der Waals surface area contributed by atoms with E-state index in [1.807, 2.05) is 30.9 Å². The van der Waals surface area contributed by atoms with Crippen LogP contribution in [0.5, 0.6) is 11.5 Å². The molecule has 0 unspecified atom stereocenters. The summed E-state index contributed by atoms with van der Waals surface area (Å²) in [4.78, 5) is 15.1. The van der Waals surface area contributed by atoms with E-state index in [0.717, 1.165) is 16.8 Å². The normalized spacial score (nSPS) is 19.2. The third-order valence-corrected chi connectivity index (χ3v) is 8.50. The van der Waals surface area contributed by atoms with Gasteiger partial charge >= 0.3 is 0 Å². The van der Waals surface area contributed by atoms with Crippen molar-refractivity contribution in [2.45, 2.75) is 24.8 Å². The number of fused-ring (bicyclic) bond motifs is 2. The Morgan fingerprint density at radius 2 is 1.89 bits per heavy atom. The number of rotatable bonds is 4. The average molecular weight is 513 g/mol. The smallest absolute Gasteiger partial charge is 0.243 e. The van der Waals surface area contributed by atoms with Crippen LogP contribution < -0.4 is 14.8 Å². The summed E-state index contributed by atoms with van der Waals surface area (Å²) in [5.41, 5.74) is 3.06. The number of anilines is 1. The van der Waals surface area contributed by atoms with Gasteiger partial charge in [0.05, 0.1) is 36.0 Å². The third-order valence-electron chi connectivity index (χ3n) is 6.62. The molecular formula is C25H28N4O6S. The van der Waals surface area contributed by atoms with Gasteiger partial charge in [-0.05, 0) is 55.8 Å². The first-order valence-electron chi connectivity index (χ1n) is 11.6. The molecule has 1 aromatic heterocycles. The number of nitrogens with one attached hydrogen (secondary N) is 1. The van der Waals surface area contributed by atoms with Gasteiger partial charge in [0.25, 0.3) is 0 Å². The minimum Gasteiger partial charge on any atom is -0.497 e. The van der Waals surface area contributed by atoms with E-state index in [1.165, 1.54) is 11.4 Å². The summed E-state index contributed by atoms with van der Waals surface area (Å²) in [7, 11) is -2.17. The number of aryl methyl sites for hydroxylation is 2. The number of piperazine rings is 1. The molecule has 5 rings (SSSR count). The van der Waals surface area contributed by atoms with E-state index < -0.39 is 10.0 Å². The minimum absolute atomic E-state index is 0.138. The summed E-state index contributed by atoms with van der Waals surface area (Å²) in [6.07, 6.45) is 0. The molecule has 1 atom stereocenters. The first-order valence-corrected chi connectivity index (χ1v) is 13.1. The molecule has 0 radical (unpaired) electrons. The molecule has 0 aliphatic carbocycles. The van der Waals surface area contributed by atoms with E-state index in [1.54, 1.807) is 30.3 Å². The van der Waals surface area contributed by atoms with E-state index in [9.17, 15) is 13.2 Å². The number of aromatic nitrogens is 1. The van der Waals surface area contributed by atoms with Crippen molar-refractivity contribution in [1.29, 1.82) is 0 Å². The molecule has 0 bridgehead atoms. The molecule has 2 aliphatic rings. The molecule has 1 N–H and O–H groups in total. The Labute approximate surface area is 209 Å². The molecule has 1 amide bonds. The zero-order valence-corrected chi connectivity index (χ0v) is 21.2. The standard InChI is InChI=1S/C25H28N4O6S/c1-16-25(17(2)35-27-16)18-4-9-23-22(12-18)26-24(30)14-28-10-11-29(13-19(28)15-34-23)36(31,32)21-7-5-20(33-3)6-8-21/h4-9,12,19H,10-11,13-15H2,1-3H3,(H,26,30)/t19-/m1/s1. The van der Waals surface area contributed by atoms with Gasteiger partial charge in [-0.3, -0.25) is 9.69 Å². The maximum absolute atomic E-state index is 13.3. The van der Waals surface area contributed by atoms with Crippen LogP contribution in [0.15, 0.2) is 51.9 Å². The van der Waals surface area contributed by atoms with Crippen LogP contribution in [0.3, 0.4) is 0 Å². The number of hydrogen-bond acceptors (Lipinski definition) is 8. The van der Waals surface area contributed by atoms with Crippen LogP contribution in [0.25, 0.3) is 11.1 Å².